The van der Waals surface area contributed by atoms with Gasteiger partial charge in [0.1, 0.15) is 23.7 Å². The van der Waals surface area contributed by atoms with E-state index in [-0.39, 0.29) is 17.3 Å². The molecular weight excluding hydrogens is 460 g/mol. The van der Waals surface area contributed by atoms with Crippen molar-refractivity contribution in [3.8, 4) is 11.5 Å². The minimum absolute atomic E-state index is 0.0103. The van der Waals surface area contributed by atoms with Crippen LogP contribution in [0.4, 0.5) is 5.69 Å². The molecule has 1 heterocycles. The molecule has 1 saturated heterocycles. The number of nitrogens with one attached hydrogen (secondary N) is 1. The first-order chi connectivity index (χ1) is 16.0. The summed E-state index contributed by atoms with van der Waals surface area (Å²) in [5.41, 5.74) is 1.87. The Balaban J connectivity index is 1.63. The van der Waals surface area contributed by atoms with Gasteiger partial charge in [0.05, 0.1) is 12.8 Å². The summed E-state index contributed by atoms with van der Waals surface area (Å²) >= 11 is 11.2. The molecule has 3 aromatic carbocycles. The normalized spacial score (nSPS) is 14.9. The first kappa shape index (κ1) is 22.5. The standard InChI is InChI=1S/C25H19ClN2O4S/c1-31-22-12-7-16(13-17(22)15-32-20-5-3-2-4-6-20)14-21-23(29)27-25(33)28(24(21)30)19-10-8-18(26)9-11-19/h2-14H,15H2,1H3,(H,27,29,33)/b21-14-. The molecule has 1 aliphatic heterocycles. The quantitative estimate of drug-likeness (QED) is 0.314. The molecule has 0 saturated carbocycles. The van der Waals surface area contributed by atoms with Crippen LogP contribution in [0, 0.1) is 0 Å². The monoisotopic (exact) mass is 478 g/mol. The number of thiocarbonyl (C=S) groups is 1. The maximum atomic E-state index is 13.2. The van der Waals surface area contributed by atoms with Crippen molar-refractivity contribution < 1.29 is 19.1 Å². The molecule has 0 aromatic heterocycles. The van der Waals surface area contributed by atoms with Crippen molar-refractivity contribution in [3.05, 3.63) is 94.5 Å². The maximum Gasteiger partial charge on any atom is 0.270 e. The van der Waals surface area contributed by atoms with E-state index in [9.17, 15) is 9.59 Å². The molecule has 4 rings (SSSR count). The SMILES string of the molecule is COc1ccc(/C=C2/C(=O)NC(=S)N(c3ccc(Cl)cc3)C2=O)cc1COc1ccccc1. The highest BCUT2D eigenvalue weighted by atomic mass is 35.5. The van der Waals surface area contributed by atoms with E-state index >= 15 is 0 Å². The van der Waals surface area contributed by atoms with E-state index in [2.05, 4.69) is 5.32 Å². The highest BCUT2D eigenvalue weighted by Gasteiger charge is 2.34. The van der Waals surface area contributed by atoms with Gasteiger partial charge in [-0.15, -0.1) is 0 Å². The molecular formula is C25H19ClN2O4S. The third-order valence-corrected chi connectivity index (χ3v) is 5.48. The number of para-hydroxylation sites is 1. The van der Waals surface area contributed by atoms with Crippen LogP contribution in [0.2, 0.25) is 5.02 Å². The smallest absolute Gasteiger partial charge is 0.270 e. The number of nitrogens with zero attached hydrogens (tertiary/aromatic N) is 1. The molecule has 0 aliphatic carbocycles. The number of hydrogen-bond acceptors (Lipinski definition) is 5. The molecule has 1 N–H and O–H groups in total. The maximum absolute atomic E-state index is 13.2. The van der Waals surface area contributed by atoms with Crippen LogP contribution < -0.4 is 19.7 Å². The van der Waals surface area contributed by atoms with E-state index in [0.29, 0.717) is 22.0 Å². The zero-order valence-electron chi connectivity index (χ0n) is 17.6. The lowest BCUT2D eigenvalue weighted by atomic mass is 10.0. The van der Waals surface area contributed by atoms with Gasteiger partial charge in [0.15, 0.2) is 5.11 Å². The predicted octanol–water partition coefficient (Wildman–Crippen LogP) is 4.76. The van der Waals surface area contributed by atoms with Crippen LogP contribution in [0.5, 0.6) is 11.5 Å². The number of rotatable bonds is 6. The second-order valence-electron chi connectivity index (χ2n) is 7.11. The van der Waals surface area contributed by atoms with Gasteiger partial charge in [-0.05, 0) is 72.4 Å². The summed E-state index contributed by atoms with van der Waals surface area (Å²) in [6.45, 7) is 0.255. The van der Waals surface area contributed by atoms with Gasteiger partial charge < -0.3 is 9.47 Å². The van der Waals surface area contributed by atoms with E-state index in [1.165, 1.54) is 11.0 Å². The second-order valence-corrected chi connectivity index (χ2v) is 7.93. The fourth-order valence-electron chi connectivity index (χ4n) is 3.33. The van der Waals surface area contributed by atoms with Gasteiger partial charge in [-0.25, -0.2) is 0 Å². The van der Waals surface area contributed by atoms with E-state index in [4.69, 9.17) is 33.3 Å². The predicted molar refractivity (Wildman–Crippen MR) is 131 cm³/mol. The van der Waals surface area contributed by atoms with Crippen molar-refractivity contribution in [3.63, 3.8) is 0 Å². The number of benzene rings is 3. The van der Waals surface area contributed by atoms with Crippen LogP contribution in [-0.2, 0) is 16.2 Å². The number of carbonyl (C=O) groups is 2. The average molecular weight is 479 g/mol. The molecule has 8 heteroatoms. The molecule has 0 atom stereocenters. The summed E-state index contributed by atoms with van der Waals surface area (Å²) in [6.07, 6.45) is 1.52. The fraction of sp³-hybridized carbons (Fsp3) is 0.0800. The van der Waals surface area contributed by atoms with Crippen LogP contribution >= 0.6 is 23.8 Å². The Labute approximate surface area is 201 Å². The van der Waals surface area contributed by atoms with Crippen molar-refractivity contribution in [2.75, 3.05) is 12.0 Å². The third kappa shape index (κ3) is 5.05. The lowest BCUT2D eigenvalue weighted by molar-refractivity contribution is -0.122. The van der Waals surface area contributed by atoms with Crippen molar-refractivity contribution in [2.45, 2.75) is 6.61 Å². The number of halogens is 1. The summed E-state index contributed by atoms with van der Waals surface area (Å²) in [4.78, 5) is 27.0. The Kier molecular flexibility index (Phi) is 6.72. The summed E-state index contributed by atoms with van der Waals surface area (Å²) in [7, 11) is 1.57. The van der Waals surface area contributed by atoms with Gasteiger partial charge in [-0.2, -0.15) is 0 Å². The van der Waals surface area contributed by atoms with Crippen molar-refractivity contribution >= 4 is 52.5 Å². The fourth-order valence-corrected chi connectivity index (χ4v) is 3.73. The summed E-state index contributed by atoms with van der Waals surface area (Å²) in [6, 6.07) is 21.4. The zero-order chi connectivity index (χ0) is 23.4. The summed E-state index contributed by atoms with van der Waals surface area (Å²) in [5, 5.41) is 3.11. The van der Waals surface area contributed by atoms with Crippen LogP contribution in [0.3, 0.4) is 0 Å². The minimum atomic E-state index is -0.562. The average Bonchev–Trinajstić information content (AvgIpc) is 2.82. The van der Waals surface area contributed by atoms with Crippen molar-refractivity contribution in [1.29, 1.82) is 0 Å². The number of carbonyl (C=O) groups excluding carboxylic acids is 2. The highest BCUT2D eigenvalue weighted by molar-refractivity contribution is 7.80. The number of hydrogen-bond donors (Lipinski definition) is 1. The van der Waals surface area contributed by atoms with Crippen molar-refractivity contribution in [2.24, 2.45) is 0 Å². The number of ether oxygens (including phenoxy) is 2. The molecule has 0 radical (unpaired) electrons. The highest BCUT2D eigenvalue weighted by Crippen LogP contribution is 2.26. The summed E-state index contributed by atoms with van der Waals surface area (Å²) < 4.78 is 11.3. The van der Waals surface area contributed by atoms with E-state index in [1.807, 2.05) is 36.4 Å². The zero-order valence-corrected chi connectivity index (χ0v) is 19.2. The molecule has 1 aliphatic rings. The molecule has 6 nitrogen and oxygen atoms in total. The van der Waals surface area contributed by atoms with Gasteiger partial charge in [-0.1, -0.05) is 35.9 Å². The van der Waals surface area contributed by atoms with Crippen LogP contribution in [0.1, 0.15) is 11.1 Å². The van der Waals surface area contributed by atoms with Crippen LogP contribution in [0.25, 0.3) is 6.08 Å². The molecule has 1 fully saturated rings. The van der Waals surface area contributed by atoms with E-state index < -0.39 is 11.8 Å². The van der Waals surface area contributed by atoms with Gasteiger partial charge >= 0.3 is 0 Å². The third-order valence-electron chi connectivity index (χ3n) is 4.94. The molecule has 0 bridgehead atoms. The van der Waals surface area contributed by atoms with Crippen molar-refractivity contribution in [1.82, 2.24) is 5.32 Å². The molecule has 2 amide bonds. The molecule has 3 aromatic rings. The van der Waals surface area contributed by atoms with E-state index in [0.717, 1.165) is 11.3 Å². The second kappa shape index (κ2) is 9.85. The summed E-state index contributed by atoms with van der Waals surface area (Å²) in [5.74, 6) is 0.269. The lowest BCUT2D eigenvalue weighted by Gasteiger charge is -2.29. The van der Waals surface area contributed by atoms with Crippen LogP contribution in [-0.4, -0.2) is 24.0 Å². The topological polar surface area (TPSA) is 67.9 Å². The van der Waals surface area contributed by atoms with Gasteiger partial charge in [0.25, 0.3) is 11.8 Å². The molecule has 0 unspecified atom stereocenters. The Morgan fingerprint density at radius 3 is 2.45 bits per heavy atom. The largest absolute Gasteiger partial charge is 0.496 e. The molecule has 0 spiro atoms. The van der Waals surface area contributed by atoms with Gasteiger partial charge in [0, 0.05) is 10.6 Å². The van der Waals surface area contributed by atoms with Gasteiger partial charge in [0.2, 0.25) is 0 Å². The number of anilines is 1. The Morgan fingerprint density at radius 2 is 1.76 bits per heavy atom. The molecule has 166 valence electrons. The van der Waals surface area contributed by atoms with Gasteiger partial charge in [-0.3, -0.25) is 19.8 Å². The first-order valence-electron chi connectivity index (χ1n) is 9.98. The molecule has 33 heavy (non-hydrogen) atoms. The Hall–Kier alpha value is -3.68. The Morgan fingerprint density at radius 1 is 1.03 bits per heavy atom. The Bertz CT molecular complexity index is 1240. The van der Waals surface area contributed by atoms with Crippen LogP contribution in [0.15, 0.2) is 78.4 Å². The number of methoxy groups -OCH3 is 1. The number of amides is 2. The van der Waals surface area contributed by atoms with E-state index in [1.54, 1.807) is 43.5 Å². The lowest BCUT2D eigenvalue weighted by Crippen LogP contribution is -2.54. The minimum Gasteiger partial charge on any atom is -0.496 e. The first-order valence-corrected chi connectivity index (χ1v) is 10.8.